The van der Waals surface area contributed by atoms with Crippen molar-refractivity contribution in [1.29, 1.82) is 5.26 Å². The molecule has 1 atom stereocenters. The second-order valence-electron chi connectivity index (χ2n) is 6.80. The van der Waals surface area contributed by atoms with Gasteiger partial charge in [0.05, 0.1) is 12.3 Å². The molecule has 0 aliphatic rings. The summed E-state index contributed by atoms with van der Waals surface area (Å²) >= 11 is 6.27. The van der Waals surface area contributed by atoms with E-state index in [-0.39, 0.29) is 0 Å². The van der Waals surface area contributed by atoms with Gasteiger partial charge in [-0.2, -0.15) is 10.4 Å². The maximum Gasteiger partial charge on any atom is 0.261 e. The molecular weight excluding hydrogens is 384 g/mol. The highest BCUT2D eigenvalue weighted by Gasteiger charge is 2.19. The number of amides is 1. The Bertz CT molecular complexity index is 1110. The molecule has 0 unspecified atom stereocenters. The lowest BCUT2D eigenvalue weighted by Gasteiger charge is -2.11. The number of halogens is 1. The van der Waals surface area contributed by atoms with Crippen LogP contribution in [0.3, 0.4) is 0 Å². The van der Waals surface area contributed by atoms with E-state index in [9.17, 15) is 10.1 Å². The number of nitrogens with zero attached hydrogens (tertiary/aromatic N) is 3. The molecule has 0 bridgehead atoms. The van der Waals surface area contributed by atoms with Crippen molar-refractivity contribution >= 4 is 23.7 Å². The van der Waals surface area contributed by atoms with Crippen LogP contribution in [0.15, 0.2) is 59.7 Å². The molecule has 146 valence electrons. The lowest BCUT2D eigenvalue weighted by molar-refractivity contribution is -0.121. The van der Waals surface area contributed by atoms with E-state index in [0.717, 1.165) is 28.2 Å². The first-order chi connectivity index (χ1) is 13.9. The van der Waals surface area contributed by atoms with Crippen LogP contribution in [0.5, 0.6) is 0 Å². The van der Waals surface area contributed by atoms with E-state index >= 15 is 0 Å². The van der Waals surface area contributed by atoms with Gasteiger partial charge < -0.3 is 4.57 Å². The van der Waals surface area contributed by atoms with Gasteiger partial charge in [0, 0.05) is 27.7 Å². The zero-order valence-corrected chi connectivity index (χ0v) is 17.2. The molecule has 0 aliphatic heterocycles. The summed E-state index contributed by atoms with van der Waals surface area (Å²) in [4.78, 5) is 12.3. The van der Waals surface area contributed by atoms with Crippen molar-refractivity contribution in [2.75, 3.05) is 0 Å². The minimum absolute atomic E-state index is 0.464. The van der Waals surface area contributed by atoms with E-state index in [1.165, 1.54) is 0 Å². The number of nitrogens with one attached hydrogen (secondary N) is 1. The van der Waals surface area contributed by atoms with E-state index in [1.54, 1.807) is 30.5 Å². The van der Waals surface area contributed by atoms with E-state index in [2.05, 4.69) is 15.1 Å². The minimum atomic E-state index is -0.907. The number of carbonyl (C=O) groups excluding carboxylic acids is 1. The Morgan fingerprint density at radius 2 is 1.90 bits per heavy atom. The lowest BCUT2D eigenvalue weighted by Crippen LogP contribution is -2.24. The summed E-state index contributed by atoms with van der Waals surface area (Å²) in [5.41, 5.74) is 7.96. The summed E-state index contributed by atoms with van der Waals surface area (Å²) in [5, 5.41) is 14.1. The zero-order chi connectivity index (χ0) is 21.0. The van der Waals surface area contributed by atoms with Crippen LogP contribution in [0.25, 0.3) is 5.69 Å². The van der Waals surface area contributed by atoms with E-state index in [4.69, 9.17) is 11.6 Å². The van der Waals surface area contributed by atoms with Crippen molar-refractivity contribution in [3.8, 4) is 11.8 Å². The maximum absolute atomic E-state index is 12.3. The third-order valence-corrected chi connectivity index (χ3v) is 5.19. The minimum Gasteiger partial charge on any atom is -0.318 e. The molecule has 6 heteroatoms. The molecule has 1 N–H and O–H groups in total. The topological polar surface area (TPSA) is 70.2 Å². The van der Waals surface area contributed by atoms with Gasteiger partial charge >= 0.3 is 0 Å². The predicted octanol–water partition coefficient (Wildman–Crippen LogP) is 4.81. The predicted molar refractivity (Wildman–Crippen MR) is 116 cm³/mol. The summed E-state index contributed by atoms with van der Waals surface area (Å²) in [5.74, 6) is -1.37. The highest BCUT2D eigenvalue weighted by Crippen LogP contribution is 2.24. The van der Waals surface area contributed by atoms with Crippen molar-refractivity contribution in [2.45, 2.75) is 26.7 Å². The van der Waals surface area contributed by atoms with Crippen LogP contribution in [-0.2, 0) is 4.79 Å². The number of nitriles is 1. The molecule has 29 heavy (non-hydrogen) atoms. The van der Waals surface area contributed by atoms with E-state index in [1.807, 2.05) is 57.2 Å². The molecule has 3 aromatic rings. The third-order valence-electron chi connectivity index (χ3n) is 4.79. The fraction of sp³-hybridized carbons (Fsp3) is 0.174. The quantitative estimate of drug-likeness (QED) is 0.489. The molecule has 0 spiro atoms. The van der Waals surface area contributed by atoms with Gasteiger partial charge in [-0.1, -0.05) is 48.0 Å². The number of hydrogen-bond donors (Lipinski definition) is 1. The largest absolute Gasteiger partial charge is 0.318 e. The number of rotatable bonds is 5. The number of hydrazone groups is 1. The Morgan fingerprint density at radius 3 is 2.55 bits per heavy atom. The summed E-state index contributed by atoms with van der Waals surface area (Å²) in [6.07, 6.45) is 1.59. The Morgan fingerprint density at radius 1 is 1.17 bits per heavy atom. The second-order valence-corrected chi connectivity index (χ2v) is 7.21. The van der Waals surface area contributed by atoms with E-state index < -0.39 is 11.8 Å². The van der Waals surface area contributed by atoms with Crippen molar-refractivity contribution in [2.24, 2.45) is 5.10 Å². The number of hydrogen-bond acceptors (Lipinski definition) is 3. The van der Waals surface area contributed by atoms with Gasteiger partial charge in [-0.25, -0.2) is 5.43 Å². The molecule has 3 rings (SSSR count). The SMILES string of the molecule is Cc1ccc(-n2c(C)cc(/C=N\NC(=O)[C@H](C#N)c3ccccc3)c2C)cc1Cl. The van der Waals surface area contributed by atoms with Gasteiger partial charge in [-0.3, -0.25) is 4.79 Å². The third kappa shape index (κ3) is 4.39. The average molecular weight is 405 g/mol. The first kappa shape index (κ1) is 20.4. The zero-order valence-electron chi connectivity index (χ0n) is 16.5. The van der Waals surface area contributed by atoms with Crippen molar-refractivity contribution in [1.82, 2.24) is 9.99 Å². The Labute approximate surface area is 175 Å². The molecule has 0 saturated carbocycles. The van der Waals surface area contributed by atoms with Gasteiger partial charge in [-0.15, -0.1) is 0 Å². The smallest absolute Gasteiger partial charge is 0.261 e. The summed E-state index contributed by atoms with van der Waals surface area (Å²) in [6.45, 7) is 5.94. The van der Waals surface area contributed by atoms with Crippen LogP contribution in [0, 0.1) is 32.1 Å². The van der Waals surface area contributed by atoms with Gasteiger partial charge in [0.1, 0.15) is 0 Å². The van der Waals surface area contributed by atoms with Crippen LogP contribution in [0.4, 0.5) is 0 Å². The van der Waals surface area contributed by atoms with Crippen molar-refractivity contribution < 1.29 is 4.79 Å². The van der Waals surface area contributed by atoms with Crippen LogP contribution in [0.1, 0.15) is 34.0 Å². The van der Waals surface area contributed by atoms with Crippen molar-refractivity contribution in [3.05, 3.63) is 87.7 Å². The summed E-state index contributed by atoms with van der Waals surface area (Å²) < 4.78 is 2.08. The normalized spacial score (nSPS) is 12.0. The molecule has 0 aliphatic carbocycles. The molecule has 2 aromatic carbocycles. The Kier molecular flexibility index (Phi) is 6.16. The molecule has 1 amide bonds. The first-order valence-electron chi connectivity index (χ1n) is 9.15. The van der Waals surface area contributed by atoms with Gasteiger partial charge in [0.15, 0.2) is 5.92 Å². The standard InChI is InChI=1S/C23H21ClN4O/c1-15-9-10-20(12-22(15)24)28-16(2)11-19(17(28)3)14-26-27-23(29)21(13-25)18-7-5-4-6-8-18/h4-12,14,21H,1-3H3,(H,27,29)/b26-14-/t21-/m1/s1. The molecule has 0 saturated heterocycles. The molecular formula is C23H21ClN4O. The highest BCUT2D eigenvalue weighted by atomic mass is 35.5. The Hall–Kier alpha value is -3.36. The fourth-order valence-electron chi connectivity index (χ4n) is 3.20. The molecule has 0 radical (unpaired) electrons. The number of benzene rings is 2. The average Bonchev–Trinajstić information content (AvgIpc) is 2.99. The van der Waals surface area contributed by atoms with Crippen LogP contribution >= 0.6 is 11.6 Å². The van der Waals surface area contributed by atoms with Crippen molar-refractivity contribution in [3.63, 3.8) is 0 Å². The number of aromatic nitrogens is 1. The van der Waals surface area contributed by atoms with Crippen LogP contribution < -0.4 is 5.43 Å². The molecule has 0 fully saturated rings. The van der Waals surface area contributed by atoms with Crippen LogP contribution in [0.2, 0.25) is 5.02 Å². The number of carbonyl (C=O) groups is 1. The van der Waals surface area contributed by atoms with Gasteiger partial charge in [-0.05, 0) is 50.1 Å². The summed E-state index contributed by atoms with van der Waals surface area (Å²) in [7, 11) is 0. The number of aryl methyl sites for hydroxylation is 2. The molecule has 5 nitrogen and oxygen atoms in total. The highest BCUT2D eigenvalue weighted by molar-refractivity contribution is 6.31. The molecule has 1 heterocycles. The molecule has 1 aromatic heterocycles. The van der Waals surface area contributed by atoms with E-state index in [0.29, 0.717) is 10.6 Å². The summed E-state index contributed by atoms with van der Waals surface area (Å²) in [6, 6.07) is 18.9. The van der Waals surface area contributed by atoms with Crippen LogP contribution in [-0.4, -0.2) is 16.7 Å². The van der Waals surface area contributed by atoms with Gasteiger partial charge in [0.25, 0.3) is 5.91 Å². The fourth-order valence-corrected chi connectivity index (χ4v) is 3.37. The second kappa shape index (κ2) is 8.76. The first-order valence-corrected chi connectivity index (χ1v) is 9.53. The Balaban J connectivity index is 1.79. The monoisotopic (exact) mass is 404 g/mol. The van der Waals surface area contributed by atoms with Gasteiger partial charge in [0.2, 0.25) is 0 Å². The maximum atomic E-state index is 12.3. The lowest BCUT2D eigenvalue weighted by atomic mass is 10.0.